The van der Waals surface area contributed by atoms with E-state index in [1.807, 2.05) is 6.92 Å². The molecular weight excluding hydrogens is 370 g/mol. The lowest BCUT2D eigenvalue weighted by molar-refractivity contribution is -0.113. The van der Waals surface area contributed by atoms with E-state index in [9.17, 15) is 18.0 Å². The summed E-state index contributed by atoms with van der Waals surface area (Å²) in [6.07, 6.45) is 0. The number of amides is 1. The van der Waals surface area contributed by atoms with Crippen LogP contribution in [0.2, 0.25) is 0 Å². The van der Waals surface area contributed by atoms with Crippen molar-refractivity contribution in [2.75, 3.05) is 4.31 Å². The molecule has 0 fully saturated rings. The molecule has 2 aromatic rings. The van der Waals surface area contributed by atoms with Gasteiger partial charge >= 0.3 is 5.91 Å². The molecular formula is C15H10BrNO4S. The predicted molar refractivity (Wildman–Crippen MR) is 84.3 cm³/mol. The monoisotopic (exact) mass is 379 g/mol. The van der Waals surface area contributed by atoms with Gasteiger partial charge in [-0.1, -0.05) is 33.6 Å². The Morgan fingerprint density at radius 2 is 1.64 bits per heavy atom. The number of carbonyl (C=O) groups is 2. The largest absolute Gasteiger partial charge is 0.313 e. The van der Waals surface area contributed by atoms with E-state index in [1.165, 1.54) is 24.3 Å². The second kappa shape index (κ2) is 5.03. The van der Waals surface area contributed by atoms with Crippen LogP contribution in [-0.4, -0.2) is 20.1 Å². The number of nitrogens with zero attached hydrogens (tertiary/aromatic N) is 1. The Morgan fingerprint density at radius 3 is 2.27 bits per heavy atom. The van der Waals surface area contributed by atoms with Gasteiger partial charge in [-0.2, -0.15) is 4.31 Å². The SMILES string of the molecule is Cc1ccc(S(=O)(=O)N2C(=O)C(=O)c3cc(Br)ccc32)cc1. The van der Waals surface area contributed by atoms with E-state index in [0.717, 1.165) is 5.56 Å². The minimum Gasteiger partial charge on any atom is -0.283 e. The number of halogens is 1. The van der Waals surface area contributed by atoms with Gasteiger partial charge < -0.3 is 0 Å². The highest BCUT2D eigenvalue weighted by Gasteiger charge is 2.43. The molecule has 0 saturated carbocycles. The van der Waals surface area contributed by atoms with Crippen LogP contribution >= 0.6 is 15.9 Å². The number of anilines is 1. The van der Waals surface area contributed by atoms with E-state index >= 15 is 0 Å². The number of carbonyl (C=O) groups excluding carboxylic acids is 2. The molecule has 22 heavy (non-hydrogen) atoms. The van der Waals surface area contributed by atoms with Crippen molar-refractivity contribution in [3.05, 3.63) is 58.1 Å². The molecule has 1 aliphatic rings. The Kier molecular flexibility index (Phi) is 3.41. The molecule has 0 aromatic heterocycles. The zero-order valence-electron chi connectivity index (χ0n) is 11.4. The summed E-state index contributed by atoms with van der Waals surface area (Å²) in [5.74, 6) is -1.89. The average Bonchev–Trinajstić information content (AvgIpc) is 2.72. The third kappa shape index (κ3) is 2.17. The maximum atomic E-state index is 12.7. The number of fused-ring (bicyclic) bond motifs is 1. The van der Waals surface area contributed by atoms with Gasteiger partial charge in [0.15, 0.2) is 0 Å². The van der Waals surface area contributed by atoms with Crippen molar-refractivity contribution < 1.29 is 18.0 Å². The lowest BCUT2D eigenvalue weighted by Gasteiger charge is -2.17. The zero-order chi connectivity index (χ0) is 16.1. The molecule has 5 nitrogen and oxygen atoms in total. The topological polar surface area (TPSA) is 71.5 Å². The Bertz CT molecular complexity index is 904. The number of ketones is 1. The number of aryl methyl sites for hydroxylation is 1. The molecule has 7 heteroatoms. The minimum atomic E-state index is -4.12. The van der Waals surface area contributed by atoms with Crippen molar-refractivity contribution in [1.82, 2.24) is 0 Å². The highest BCUT2D eigenvalue weighted by molar-refractivity contribution is 9.10. The summed E-state index contributed by atoms with van der Waals surface area (Å²) < 4.78 is 26.6. The summed E-state index contributed by atoms with van der Waals surface area (Å²) in [4.78, 5) is 24.1. The van der Waals surface area contributed by atoms with Gasteiger partial charge in [0.25, 0.3) is 15.8 Å². The fourth-order valence-electron chi connectivity index (χ4n) is 2.24. The summed E-state index contributed by atoms with van der Waals surface area (Å²) in [6.45, 7) is 1.83. The van der Waals surface area contributed by atoms with E-state index in [0.29, 0.717) is 8.78 Å². The quantitative estimate of drug-likeness (QED) is 0.752. The van der Waals surface area contributed by atoms with E-state index < -0.39 is 21.7 Å². The molecule has 0 saturated heterocycles. The van der Waals surface area contributed by atoms with Crippen LogP contribution in [0.15, 0.2) is 51.8 Å². The molecule has 3 rings (SSSR count). The van der Waals surface area contributed by atoms with Gasteiger partial charge in [0, 0.05) is 4.47 Å². The van der Waals surface area contributed by atoms with Crippen molar-refractivity contribution in [1.29, 1.82) is 0 Å². The predicted octanol–water partition coefficient (Wildman–Crippen LogP) is 2.68. The molecule has 1 amide bonds. The Labute approximate surface area is 135 Å². The standard InChI is InChI=1S/C15H10BrNO4S/c1-9-2-5-11(6-3-9)22(20,21)17-13-7-4-10(16)8-12(13)14(18)15(17)19/h2-8H,1H3. The molecule has 0 atom stereocenters. The van der Waals surface area contributed by atoms with Gasteiger partial charge in [-0.3, -0.25) is 9.59 Å². The maximum absolute atomic E-state index is 12.7. The Morgan fingerprint density at radius 1 is 1.00 bits per heavy atom. The number of hydrogen-bond acceptors (Lipinski definition) is 4. The summed E-state index contributed by atoms with van der Waals surface area (Å²) in [5.41, 5.74) is 1.06. The summed E-state index contributed by atoms with van der Waals surface area (Å²) in [7, 11) is -4.12. The highest BCUT2D eigenvalue weighted by atomic mass is 79.9. The van der Waals surface area contributed by atoms with Crippen LogP contribution in [0.4, 0.5) is 5.69 Å². The van der Waals surface area contributed by atoms with Crippen molar-refractivity contribution >= 4 is 43.3 Å². The van der Waals surface area contributed by atoms with Crippen LogP contribution in [-0.2, 0) is 14.8 Å². The fourth-order valence-corrected chi connectivity index (χ4v) is 4.01. The Hall–Kier alpha value is -1.99. The fraction of sp³-hybridized carbons (Fsp3) is 0.0667. The average molecular weight is 380 g/mol. The third-order valence-electron chi connectivity index (χ3n) is 3.36. The van der Waals surface area contributed by atoms with Gasteiger partial charge in [-0.15, -0.1) is 0 Å². The summed E-state index contributed by atoms with van der Waals surface area (Å²) in [6, 6.07) is 10.6. The number of sulfonamides is 1. The first-order valence-corrected chi connectivity index (χ1v) is 8.56. The number of rotatable bonds is 2. The molecule has 0 spiro atoms. The summed E-state index contributed by atoms with van der Waals surface area (Å²) in [5, 5.41) is 0. The number of Topliss-reactive ketones (excluding diaryl/α,β-unsaturated/α-hetero) is 1. The summed E-state index contributed by atoms with van der Waals surface area (Å²) >= 11 is 3.20. The van der Waals surface area contributed by atoms with E-state index in [4.69, 9.17) is 0 Å². The van der Waals surface area contributed by atoms with Crippen LogP contribution in [0.25, 0.3) is 0 Å². The molecule has 0 N–H and O–H groups in total. The molecule has 0 radical (unpaired) electrons. The first-order chi connectivity index (χ1) is 10.3. The zero-order valence-corrected chi connectivity index (χ0v) is 13.8. The minimum absolute atomic E-state index is 0.0324. The van der Waals surface area contributed by atoms with Gasteiger partial charge in [0.05, 0.1) is 16.1 Å². The van der Waals surface area contributed by atoms with E-state index in [2.05, 4.69) is 15.9 Å². The number of hydrogen-bond donors (Lipinski definition) is 0. The highest BCUT2D eigenvalue weighted by Crippen LogP contribution is 2.35. The normalized spacial score (nSPS) is 14.4. The molecule has 2 aromatic carbocycles. The van der Waals surface area contributed by atoms with Crippen molar-refractivity contribution in [2.24, 2.45) is 0 Å². The Balaban J connectivity index is 2.18. The van der Waals surface area contributed by atoms with Gasteiger partial charge in [0.1, 0.15) is 0 Å². The van der Waals surface area contributed by atoms with Gasteiger partial charge in [0.2, 0.25) is 0 Å². The first-order valence-electron chi connectivity index (χ1n) is 6.32. The molecule has 112 valence electrons. The second-order valence-corrected chi connectivity index (χ2v) is 7.58. The van der Waals surface area contributed by atoms with E-state index in [1.54, 1.807) is 18.2 Å². The lowest BCUT2D eigenvalue weighted by atomic mass is 10.1. The van der Waals surface area contributed by atoms with Crippen molar-refractivity contribution in [3.63, 3.8) is 0 Å². The van der Waals surface area contributed by atoms with Crippen molar-refractivity contribution in [3.8, 4) is 0 Å². The number of benzene rings is 2. The molecule has 1 aliphatic heterocycles. The maximum Gasteiger partial charge on any atom is 0.313 e. The molecule has 0 bridgehead atoms. The third-order valence-corrected chi connectivity index (χ3v) is 5.56. The van der Waals surface area contributed by atoms with Crippen LogP contribution in [0.5, 0.6) is 0 Å². The van der Waals surface area contributed by atoms with Crippen LogP contribution in [0.1, 0.15) is 15.9 Å². The van der Waals surface area contributed by atoms with Crippen LogP contribution < -0.4 is 4.31 Å². The smallest absolute Gasteiger partial charge is 0.283 e. The molecule has 0 aliphatic carbocycles. The lowest BCUT2D eigenvalue weighted by Crippen LogP contribution is -2.35. The van der Waals surface area contributed by atoms with Gasteiger partial charge in [-0.05, 0) is 37.3 Å². The van der Waals surface area contributed by atoms with Crippen molar-refractivity contribution in [2.45, 2.75) is 11.8 Å². The molecule has 0 unspecified atom stereocenters. The second-order valence-electron chi connectivity index (χ2n) is 4.88. The first kappa shape index (κ1) is 14.9. The van der Waals surface area contributed by atoms with Gasteiger partial charge in [-0.25, -0.2) is 8.42 Å². The molecule has 1 heterocycles. The van der Waals surface area contributed by atoms with Crippen LogP contribution in [0, 0.1) is 6.92 Å². The van der Waals surface area contributed by atoms with Crippen LogP contribution in [0.3, 0.4) is 0 Å². The van der Waals surface area contributed by atoms with E-state index in [-0.39, 0.29) is 16.1 Å².